The van der Waals surface area contributed by atoms with Gasteiger partial charge in [-0.1, -0.05) is 17.7 Å². The first-order valence-electron chi connectivity index (χ1n) is 7.39. The third-order valence-corrected chi connectivity index (χ3v) is 3.53. The fraction of sp³-hybridized carbons (Fsp3) is 0.176. The zero-order chi connectivity index (χ0) is 20.1. The molecule has 5 nitrogen and oxygen atoms in total. The van der Waals surface area contributed by atoms with Crippen molar-refractivity contribution in [1.29, 1.82) is 0 Å². The van der Waals surface area contributed by atoms with Crippen LogP contribution in [0.3, 0.4) is 0 Å². The summed E-state index contributed by atoms with van der Waals surface area (Å²) in [6.45, 7) is -1.89. The van der Waals surface area contributed by atoms with Crippen molar-refractivity contribution < 1.29 is 36.6 Å². The molecule has 1 amide bonds. The Morgan fingerprint density at radius 1 is 1.11 bits per heavy atom. The van der Waals surface area contributed by atoms with Gasteiger partial charge in [-0.3, -0.25) is 4.79 Å². The molecule has 2 rings (SSSR count). The summed E-state index contributed by atoms with van der Waals surface area (Å²) in [4.78, 5) is 23.9. The van der Waals surface area contributed by atoms with E-state index in [1.54, 1.807) is 0 Å². The molecular weight excluding hydrogens is 394 g/mol. The second-order valence-corrected chi connectivity index (χ2v) is 5.56. The number of halogens is 5. The van der Waals surface area contributed by atoms with Crippen LogP contribution in [0.1, 0.15) is 17.3 Å². The van der Waals surface area contributed by atoms with Crippen molar-refractivity contribution in [1.82, 2.24) is 0 Å². The Bertz CT molecular complexity index is 843. The number of amides is 1. The summed E-state index contributed by atoms with van der Waals surface area (Å²) in [7, 11) is 0. The van der Waals surface area contributed by atoms with Crippen molar-refractivity contribution in [3.05, 3.63) is 58.6 Å². The van der Waals surface area contributed by atoms with Gasteiger partial charge < -0.3 is 14.8 Å². The first-order valence-corrected chi connectivity index (χ1v) is 7.77. The SMILES string of the molecule is CC(OC(=O)c1c(F)cccc1F)C(=O)Nc1ccc(OC(F)F)c(Cl)c1. The molecular formula is C17H12ClF4NO4. The van der Waals surface area contributed by atoms with E-state index in [4.69, 9.17) is 16.3 Å². The maximum Gasteiger partial charge on any atom is 0.387 e. The summed E-state index contributed by atoms with van der Waals surface area (Å²) in [6.07, 6.45) is -1.41. The average Bonchev–Trinajstić information content (AvgIpc) is 2.56. The van der Waals surface area contributed by atoms with E-state index in [1.165, 1.54) is 13.0 Å². The van der Waals surface area contributed by atoms with Gasteiger partial charge >= 0.3 is 12.6 Å². The zero-order valence-electron chi connectivity index (χ0n) is 13.6. The molecule has 0 spiro atoms. The van der Waals surface area contributed by atoms with E-state index in [1.807, 2.05) is 0 Å². The standard InChI is InChI=1S/C17H12ClF4NO4/c1-8(26-16(25)14-11(19)3-2-4-12(14)20)15(24)23-9-5-6-13(10(18)7-9)27-17(21)22/h2-8,17H,1H3,(H,23,24). The summed E-state index contributed by atoms with van der Waals surface area (Å²) in [5, 5.41) is 2.13. The van der Waals surface area contributed by atoms with E-state index in [9.17, 15) is 27.2 Å². The van der Waals surface area contributed by atoms with Gasteiger partial charge in [0.15, 0.2) is 6.10 Å². The lowest BCUT2D eigenvalue weighted by Crippen LogP contribution is -2.30. The van der Waals surface area contributed by atoms with Crippen LogP contribution in [0.5, 0.6) is 5.75 Å². The quantitative estimate of drug-likeness (QED) is 0.571. The van der Waals surface area contributed by atoms with Crippen molar-refractivity contribution in [3.8, 4) is 5.75 Å². The molecule has 0 aliphatic rings. The highest BCUT2D eigenvalue weighted by molar-refractivity contribution is 6.32. The Morgan fingerprint density at radius 2 is 1.74 bits per heavy atom. The topological polar surface area (TPSA) is 64.6 Å². The van der Waals surface area contributed by atoms with Gasteiger partial charge in [0.1, 0.15) is 22.9 Å². The number of benzene rings is 2. The Morgan fingerprint density at radius 3 is 2.30 bits per heavy atom. The van der Waals surface area contributed by atoms with Gasteiger partial charge in [0, 0.05) is 5.69 Å². The minimum atomic E-state index is -3.07. The van der Waals surface area contributed by atoms with Gasteiger partial charge in [0.2, 0.25) is 0 Å². The average molecular weight is 406 g/mol. The van der Waals surface area contributed by atoms with Crippen molar-refractivity contribution in [2.24, 2.45) is 0 Å². The van der Waals surface area contributed by atoms with Crippen molar-refractivity contribution in [3.63, 3.8) is 0 Å². The van der Waals surface area contributed by atoms with Crippen LogP contribution in [-0.4, -0.2) is 24.6 Å². The molecule has 10 heteroatoms. The van der Waals surface area contributed by atoms with E-state index in [0.29, 0.717) is 0 Å². The van der Waals surface area contributed by atoms with Gasteiger partial charge in [0.25, 0.3) is 5.91 Å². The largest absolute Gasteiger partial charge is 0.449 e. The molecule has 0 heterocycles. The third kappa shape index (κ3) is 5.33. The molecule has 2 aromatic carbocycles. The van der Waals surface area contributed by atoms with E-state index in [-0.39, 0.29) is 16.5 Å². The molecule has 1 atom stereocenters. The van der Waals surface area contributed by atoms with Crippen LogP contribution in [0.25, 0.3) is 0 Å². The second kappa shape index (κ2) is 8.72. The molecule has 144 valence electrons. The summed E-state index contributed by atoms with van der Waals surface area (Å²) < 4.78 is 60.4. The Labute approximate surface area is 155 Å². The van der Waals surface area contributed by atoms with E-state index in [2.05, 4.69) is 10.1 Å². The Balaban J connectivity index is 2.03. The molecule has 1 unspecified atom stereocenters. The van der Waals surface area contributed by atoms with Crippen LogP contribution in [0.4, 0.5) is 23.2 Å². The van der Waals surface area contributed by atoms with Crippen LogP contribution >= 0.6 is 11.6 Å². The number of hydrogen-bond donors (Lipinski definition) is 1. The number of rotatable bonds is 6. The lowest BCUT2D eigenvalue weighted by atomic mass is 10.2. The number of alkyl halides is 2. The monoisotopic (exact) mass is 405 g/mol. The first-order chi connectivity index (χ1) is 12.7. The maximum atomic E-state index is 13.6. The molecule has 1 N–H and O–H groups in total. The molecule has 0 aromatic heterocycles. The number of carbonyl (C=O) groups excluding carboxylic acids is 2. The summed E-state index contributed by atoms with van der Waals surface area (Å²) in [6, 6.07) is 6.29. The fourth-order valence-corrected chi connectivity index (χ4v) is 2.20. The molecule has 2 aromatic rings. The minimum absolute atomic E-state index is 0.103. The minimum Gasteiger partial charge on any atom is -0.449 e. The maximum absolute atomic E-state index is 13.6. The van der Waals surface area contributed by atoms with Crippen molar-refractivity contribution >= 4 is 29.2 Å². The number of anilines is 1. The number of nitrogens with one attached hydrogen (secondary N) is 1. The molecule has 0 aliphatic heterocycles. The summed E-state index contributed by atoms with van der Waals surface area (Å²) in [5.41, 5.74) is -0.819. The predicted molar refractivity (Wildman–Crippen MR) is 87.9 cm³/mol. The highest BCUT2D eigenvalue weighted by atomic mass is 35.5. The van der Waals surface area contributed by atoms with Gasteiger partial charge in [-0.2, -0.15) is 8.78 Å². The Hall–Kier alpha value is -2.81. The normalized spacial score (nSPS) is 11.8. The van der Waals surface area contributed by atoms with E-state index < -0.39 is 41.8 Å². The zero-order valence-corrected chi connectivity index (χ0v) is 14.4. The first kappa shape index (κ1) is 20.5. The van der Waals surface area contributed by atoms with Gasteiger partial charge in [-0.15, -0.1) is 0 Å². The molecule has 0 bridgehead atoms. The lowest BCUT2D eigenvalue weighted by molar-refractivity contribution is -0.123. The Kier molecular flexibility index (Phi) is 6.62. The van der Waals surface area contributed by atoms with Gasteiger partial charge in [-0.05, 0) is 37.3 Å². The van der Waals surface area contributed by atoms with Crippen LogP contribution in [0.15, 0.2) is 36.4 Å². The molecule has 0 radical (unpaired) electrons. The smallest absolute Gasteiger partial charge is 0.387 e. The molecule has 0 aliphatic carbocycles. The van der Waals surface area contributed by atoms with Gasteiger partial charge in [0.05, 0.1) is 5.02 Å². The molecule has 0 fully saturated rings. The molecule has 0 saturated carbocycles. The number of esters is 1. The van der Waals surface area contributed by atoms with E-state index in [0.717, 1.165) is 30.3 Å². The number of carbonyl (C=O) groups is 2. The second-order valence-electron chi connectivity index (χ2n) is 5.16. The van der Waals surface area contributed by atoms with Gasteiger partial charge in [-0.25, -0.2) is 13.6 Å². The van der Waals surface area contributed by atoms with Crippen LogP contribution < -0.4 is 10.1 Å². The molecule has 0 saturated heterocycles. The fourth-order valence-electron chi connectivity index (χ4n) is 1.98. The van der Waals surface area contributed by atoms with Crippen LogP contribution in [-0.2, 0) is 9.53 Å². The highest BCUT2D eigenvalue weighted by Crippen LogP contribution is 2.29. The number of hydrogen-bond acceptors (Lipinski definition) is 4. The lowest BCUT2D eigenvalue weighted by Gasteiger charge is -2.15. The molecule has 27 heavy (non-hydrogen) atoms. The number of ether oxygens (including phenoxy) is 2. The van der Waals surface area contributed by atoms with Crippen molar-refractivity contribution in [2.45, 2.75) is 19.6 Å². The van der Waals surface area contributed by atoms with Crippen LogP contribution in [0.2, 0.25) is 5.02 Å². The van der Waals surface area contributed by atoms with E-state index >= 15 is 0 Å². The third-order valence-electron chi connectivity index (χ3n) is 3.24. The summed E-state index contributed by atoms with van der Waals surface area (Å²) >= 11 is 5.76. The van der Waals surface area contributed by atoms with Crippen LogP contribution in [0, 0.1) is 11.6 Å². The summed E-state index contributed by atoms with van der Waals surface area (Å²) in [5.74, 6) is -4.74. The predicted octanol–water partition coefficient (Wildman–Crippen LogP) is 4.40. The highest BCUT2D eigenvalue weighted by Gasteiger charge is 2.24. The van der Waals surface area contributed by atoms with Crippen molar-refractivity contribution in [2.75, 3.05) is 5.32 Å².